The maximum Gasteiger partial charge on any atom is 0.227 e. The lowest BCUT2D eigenvalue weighted by molar-refractivity contribution is -0.132. The van der Waals surface area contributed by atoms with E-state index < -0.39 is 5.60 Å². The molecule has 0 saturated carbocycles. The van der Waals surface area contributed by atoms with Crippen molar-refractivity contribution >= 4 is 17.7 Å². The van der Waals surface area contributed by atoms with Crippen molar-refractivity contribution in [2.24, 2.45) is 11.8 Å². The number of rotatable bonds is 4. The van der Waals surface area contributed by atoms with E-state index in [2.05, 4.69) is 4.90 Å². The van der Waals surface area contributed by atoms with Gasteiger partial charge in [0.05, 0.1) is 24.9 Å². The third-order valence-electron chi connectivity index (χ3n) is 7.51. The van der Waals surface area contributed by atoms with Crippen molar-refractivity contribution in [2.75, 3.05) is 56.7 Å². The van der Waals surface area contributed by atoms with Crippen LogP contribution in [0.25, 0.3) is 0 Å². The molecule has 164 valence electrons. The summed E-state index contributed by atoms with van der Waals surface area (Å²) in [6.07, 6.45) is 4.85. The van der Waals surface area contributed by atoms with Crippen LogP contribution in [0, 0.1) is 11.8 Å². The van der Waals surface area contributed by atoms with Gasteiger partial charge in [-0.15, -0.1) is 0 Å². The fourth-order valence-corrected chi connectivity index (χ4v) is 6.03. The molecule has 3 fully saturated rings. The number of likely N-dealkylation sites (tertiary alicyclic amines) is 1. The molecule has 4 aliphatic rings. The summed E-state index contributed by atoms with van der Waals surface area (Å²) in [4.78, 5) is 28.5. The SMILES string of the molecule is CCC(=O)N1C[C@@H]2[C@H](CO)[C@H]3CN(c4nc(N(C)C)nc5c4CCCC5)C[C@]2(C1)O3. The number of morpholine rings is 1. The van der Waals surface area contributed by atoms with Crippen molar-refractivity contribution in [2.45, 2.75) is 50.7 Å². The van der Waals surface area contributed by atoms with E-state index in [-0.39, 0.29) is 30.5 Å². The summed E-state index contributed by atoms with van der Waals surface area (Å²) in [7, 11) is 3.97. The highest BCUT2D eigenvalue weighted by molar-refractivity contribution is 5.76. The van der Waals surface area contributed by atoms with E-state index >= 15 is 0 Å². The van der Waals surface area contributed by atoms with Crippen LogP contribution >= 0.6 is 0 Å². The molecule has 2 bridgehead atoms. The maximum atomic E-state index is 12.4. The first-order chi connectivity index (χ1) is 14.5. The number of aromatic nitrogens is 2. The summed E-state index contributed by atoms with van der Waals surface area (Å²) in [5, 5.41) is 10.2. The van der Waals surface area contributed by atoms with Gasteiger partial charge in [-0.1, -0.05) is 6.92 Å². The fourth-order valence-electron chi connectivity index (χ4n) is 6.03. The van der Waals surface area contributed by atoms with Gasteiger partial charge in [-0.25, -0.2) is 4.98 Å². The zero-order valence-electron chi connectivity index (χ0n) is 18.3. The topological polar surface area (TPSA) is 82.0 Å². The van der Waals surface area contributed by atoms with Crippen LogP contribution < -0.4 is 9.80 Å². The van der Waals surface area contributed by atoms with E-state index in [9.17, 15) is 9.90 Å². The Kier molecular flexibility index (Phi) is 4.89. The van der Waals surface area contributed by atoms with Crippen LogP contribution in [-0.2, 0) is 22.4 Å². The van der Waals surface area contributed by atoms with Gasteiger partial charge in [0.25, 0.3) is 0 Å². The molecule has 8 nitrogen and oxygen atoms in total. The Hall–Kier alpha value is -1.93. The standard InChI is InChI=1S/C22H33N5O3/c1-4-19(29)26-9-16-15(11-28)18-10-27(13-22(16,12-26)30-18)20-14-7-5-6-8-17(14)23-21(24-20)25(2)3/h15-16,18,28H,4-13H2,1-3H3/t15-,16+,18+,22-/m0/s1. The van der Waals surface area contributed by atoms with Crippen LogP contribution in [-0.4, -0.2) is 84.5 Å². The zero-order valence-corrected chi connectivity index (χ0v) is 18.3. The van der Waals surface area contributed by atoms with E-state index in [1.807, 2.05) is 30.8 Å². The minimum Gasteiger partial charge on any atom is -0.396 e. The van der Waals surface area contributed by atoms with E-state index in [4.69, 9.17) is 14.7 Å². The molecule has 8 heteroatoms. The molecular formula is C22H33N5O3. The molecule has 1 aliphatic carbocycles. The highest BCUT2D eigenvalue weighted by Crippen LogP contribution is 2.50. The number of amides is 1. The van der Waals surface area contributed by atoms with Gasteiger partial charge < -0.3 is 24.5 Å². The van der Waals surface area contributed by atoms with Crippen LogP contribution in [0.2, 0.25) is 0 Å². The number of carbonyl (C=O) groups is 1. The normalized spacial score (nSPS) is 32.2. The minimum absolute atomic E-state index is 0.0235. The molecule has 1 N–H and O–H groups in total. The summed E-state index contributed by atoms with van der Waals surface area (Å²) < 4.78 is 6.56. The lowest BCUT2D eigenvalue weighted by Gasteiger charge is -2.42. The maximum absolute atomic E-state index is 12.4. The molecule has 3 aliphatic heterocycles. The largest absolute Gasteiger partial charge is 0.396 e. The number of aryl methyl sites for hydroxylation is 1. The molecule has 0 aromatic carbocycles. The second-order valence-electron chi connectivity index (χ2n) is 9.56. The Morgan fingerprint density at radius 3 is 2.77 bits per heavy atom. The first kappa shape index (κ1) is 20.0. The third kappa shape index (κ3) is 2.99. The molecule has 1 aromatic heterocycles. The first-order valence-electron chi connectivity index (χ1n) is 11.3. The molecule has 5 rings (SSSR count). The average Bonchev–Trinajstić information content (AvgIpc) is 3.19. The van der Waals surface area contributed by atoms with Crippen molar-refractivity contribution in [3.8, 4) is 0 Å². The average molecular weight is 416 g/mol. The van der Waals surface area contributed by atoms with Gasteiger partial charge in [0, 0.05) is 57.6 Å². The van der Waals surface area contributed by atoms with E-state index in [0.29, 0.717) is 26.1 Å². The highest BCUT2D eigenvalue weighted by atomic mass is 16.5. The van der Waals surface area contributed by atoms with Crippen LogP contribution in [0.15, 0.2) is 0 Å². The Morgan fingerprint density at radius 2 is 2.03 bits per heavy atom. The number of hydrogen-bond donors (Lipinski definition) is 1. The summed E-state index contributed by atoms with van der Waals surface area (Å²) in [6.45, 7) is 4.76. The Labute approximate surface area is 178 Å². The van der Waals surface area contributed by atoms with Crippen LogP contribution in [0.3, 0.4) is 0 Å². The lowest BCUT2D eigenvalue weighted by atomic mass is 9.83. The van der Waals surface area contributed by atoms with Gasteiger partial charge in [-0.05, 0) is 25.7 Å². The van der Waals surface area contributed by atoms with Crippen LogP contribution in [0.4, 0.5) is 11.8 Å². The van der Waals surface area contributed by atoms with Gasteiger partial charge in [0.1, 0.15) is 11.4 Å². The number of nitrogens with zero attached hydrogens (tertiary/aromatic N) is 5. The van der Waals surface area contributed by atoms with Crippen LogP contribution in [0.5, 0.6) is 0 Å². The van der Waals surface area contributed by atoms with Gasteiger partial charge >= 0.3 is 0 Å². The van der Waals surface area contributed by atoms with E-state index in [0.717, 1.165) is 31.2 Å². The molecule has 1 amide bonds. The molecule has 1 aromatic rings. The number of fused-ring (bicyclic) bond motifs is 2. The molecular weight excluding hydrogens is 382 g/mol. The molecule has 30 heavy (non-hydrogen) atoms. The predicted octanol–water partition coefficient (Wildman–Crippen LogP) is 0.856. The molecule has 4 heterocycles. The summed E-state index contributed by atoms with van der Waals surface area (Å²) in [5.41, 5.74) is 2.04. The predicted molar refractivity (Wildman–Crippen MR) is 114 cm³/mol. The van der Waals surface area contributed by atoms with Gasteiger partial charge in [0.15, 0.2) is 0 Å². The highest BCUT2D eigenvalue weighted by Gasteiger charge is 2.63. The Morgan fingerprint density at radius 1 is 1.23 bits per heavy atom. The molecule has 0 radical (unpaired) electrons. The molecule has 1 spiro atoms. The van der Waals surface area contributed by atoms with Crippen LogP contribution in [0.1, 0.15) is 37.4 Å². The summed E-state index contributed by atoms with van der Waals surface area (Å²) in [5.74, 6) is 2.21. The number of aliphatic hydroxyl groups excluding tert-OH is 1. The van der Waals surface area contributed by atoms with Crippen molar-refractivity contribution in [3.05, 3.63) is 11.3 Å². The van der Waals surface area contributed by atoms with Crippen molar-refractivity contribution in [3.63, 3.8) is 0 Å². The second kappa shape index (κ2) is 7.34. The first-order valence-corrected chi connectivity index (χ1v) is 11.3. The summed E-state index contributed by atoms with van der Waals surface area (Å²) >= 11 is 0. The second-order valence-corrected chi connectivity index (χ2v) is 9.56. The van der Waals surface area contributed by atoms with Gasteiger partial charge in [-0.3, -0.25) is 4.79 Å². The number of anilines is 2. The smallest absolute Gasteiger partial charge is 0.227 e. The monoisotopic (exact) mass is 415 g/mol. The van der Waals surface area contributed by atoms with Crippen molar-refractivity contribution < 1.29 is 14.6 Å². The Balaban J connectivity index is 1.52. The quantitative estimate of drug-likeness (QED) is 0.781. The fraction of sp³-hybridized carbons (Fsp3) is 0.773. The number of hydrogen-bond acceptors (Lipinski definition) is 7. The molecule has 0 unspecified atom stereocenters. The number of ether oxygens (including phenoxy) is 1. The number of carbonyl (C=O) groups excluding carboxylic acids is 1. The van der Waals surface area contributed by atoms with E-state index in [1.54, 1.807) is 0 Å². The third-order valence-corrected chi connectivity index (χ3v) is 7.51. The number of aliphatic hydroxyl groups is 1. The van der Waals surface area contributed by atoms with Gasteiger partial charge in [-0.2, -0.15) is 4.98 Å². The Bertz CT molecular complexity index is 846. The zero-order chi connectivity index (χ0) is 21.0. The lowest BCUT2D eigenvalue weighted by Crippen LogP contribution is -2.55. The van der Waals surface area contributed by atoms with Crippen molar-refractivity contribution in [1.29, 1.82) is 0 Å². The summed E-state index contributed by atoms with van der Waals surface area (Å²) in [6, 6.07) is 0. The van der Waals surface area contributed by atoms with E-state index in [1.165, 1.54) is 24.1 Å². The minimum atomic E-state index is -0.411. The molecule has 4 atom stereocenters. The molecule has 3 saturated heterocycles. The van der Waals surface area contributed by atoms with Crippen molar-refractivity contribution in [1.82, 2.24) is 14.9 Å². The van der Waals surface area contributed by atoms with Gasteiger partial charge in [0.2, 0.25) is 11.9 Å².